The zero-order valence-electron chi connectivity index (χ0n) is 15.3. The van der Waals surface area contributed by atoms with E-state index in [-0.39, 0.29) is 15.5 Å². The number of carbonyl (C=O) groups is 1. The van der Waals surface area contributed by atoms with Gasteiger partial charge < -0.3 is 0 Å². The molecule has 1 aromatic heterocycles. The number of hydrogen-bond acceptors (Lipinski definition) is 5. The molecule has 0 unspecified atom stereocenters. The van der Waals surface area contributed by atoms with Crippen LogP contribution < -0.4 is 10.6 Å². The molecule has 30 heavy (non-hydrogen) atoms. The predicted molar refractivity (Wildman–Crippen MR) is 117 cm³/mol. The van der Waals surface area contributed by atoms with Crippen molar-refractivity contribution < 1.29 is 13.2 Å². The molecule has 0 saturated heterocycles. The van der Waals surface area contributed by atoms with E-state index in [1.807, 2.05) is 48.5 Å². The fourth-order valence-electron chi connectivity index (χ4n) is 2.85. The Hall–Kier alpha value is -2.85. The van der Waals surface area contributed by atoms with Gasteiger partial charge in [-0.1, -0.05) is 53.7 Å². The highest BCUT2D eigenvalue weighted by molar-refractivity contribution is 7.99. The second-order valence-corrected chi connectivity index (χ2v) is 9.34. The van der Waals surface area contributed by atoms with Gasteiger partial charge in [0.15, 0.2) is 0 Å². The molecule has 0 fully saturated rings. The average Bonchev–Trinajstić information content (AvgIpc) is 3.11. The number of nitrogens with zero attached hydrogens (tertiary/aromatic N) is 2. The number of nitrogens with one attached hydrogen (secondary N) is 1. The van der Waals surface area contributed by atoms with E-state index in [0.29, 0.717) is 15.9 Å². The SMILES string of the molecule is NS(=O)(=O)c1cc(C(=O)Nn2cnc3ccccc32)c(Sc2ccccc2)cc1Cl. The van der Waals surface area contributed by atoms with E-state index in [1.165, 1.54) is 34.9 Å². The van der Waals surface area contributed by atoms with Gasteiger partial charge in [-0.15, -0.1) is 0 Å². The largest absolute Gasteiger partial charge is 0.271 e. The number of hydrogen-bond donors (Lipinski definition) is 2. The van der Waals surface area contributed by atoms with Gasteiger partial charge in [-0.3, -0.25) is 10.2 Å². The zero-order valence-corrected chi connectivity index (χ0v) is 17.7. The number of para-hydroxylation sites is 2. The van der Waals surface area contributed by atoms with Crippen molar-refractivity contribution in [2.24, 2.45) is 5.14 Å². The molecule has 10 heteroatoms. The first kappa shape index (κ1) is 20.4. The lowest BCUT2D eigenvalue weighted by Gasteiger charge is -2.13. The molecule has 0 aliphatic heterocycles. The lowest BCUT2D eigenvalue weighted by Crippen LogP contribution is -2.23. The van der Waals surface area contributed by atoms with Crippen molar-refractivity contribution in [1.29, 1.82) is 0 Å². The molecule has 0 saturated carbocycles. The van der Waals surface area contributed by atoms with Gasteiger partial charge in [-0.2, -0.15) is 0 Å². The van der Waals surface area contributed by atoms with Crippen molar-refractivity contribution in [2.45, 2.75) is 14.7 Å². The van der Waals surface area contributed by atoms with Crippen molar-refractivity contribution in [1.82, 2.24) is 9.66 Å². The smallest absolute Gasteiger partial charge is 0.267 e. The Morgan fingerprint density at radius 1 is 1.07 bits per heavy atom. The molecule has 3 aromatic carbocycles. The highest BCUT2D eigenvalue weighted by Gasteiger charge is 2.22. The van der Waals surface area contributed by atoms with E-state index in [2.05, 4.69) is 10.4 Å². The third-order valence-electron chi connectivity index (χ3n) is 4.23. The number of aromatic nitrogens is 2. The summed E-state index contributed by atoms with van der Waals surface area (Å²) in [5, 5.41) is 5.22. The number of imidazole rings is 1. The minimum absolute atomic E-state index is 0.0550. The van der Waals surface area contributed by atoms with Crippen LogP contribution in [0.5, 0.6) is 0 Å². The summed E-state index contributed by atoms with van der Waals surface area (Å²) in [6.45, 7) is 0. The molecule has 0 bridgehead atoms. The Morgan fingerprint density at radius 3 is 2.50 bits per heavy atom. The normalized spacial score (nSPS) is 11.5. The van der Waals surface area contributed by atoms with Gasteiger partial charge in [0.2, 0.25) is 10.0 Å². The van der Waals surface area contributed by atoms with Crippen LogP contribution in [0, 0.1) is 0 Å². The lowest BCUT2D eigenvalue weighted by atomic mass is 10.2. The maximum Gasteiger partial charge on any atom is 0.271 e. The number of nitrogens with two attached hydrogens (primary N) is 1. The van der Waals surface area contributed by atoms with Gasteiger partial charge >= 0.3 is 0 Å². The average molecular weight is 459 g/mol. The third-order valence-corrected chi connectivity index (χ3v) is 6.67. The maximum absolute atomic E-state index is 13.1. The maximum atomic E-state index is 13.1. The van der Waals surface area contributed by atoms with Crippen LogP contribution in [0.1, 0.15) is 10.4 Å². The van der Waals surface area contributed by atoms with Crippen LogP contribution in [0.25, 0.3) is 11.0 Å². The second kappa shape index (κ2) is 8.11. The molecule has 3 N–H and O–H groups in total. The Kier molecular flexibility index (Phi) is 5.52. The summed E-state index contributed by atoms with van der Waals surface area (Å²) >= 11 is 7.44. The Labute approximate surface area is 181 Å². The summed E-state index contributed by atoms with van der Waals surface area (Å²) in [5.74, 6) is -0.529. The summed E-state index contributed by atoms with van der Waals surface area (Å²) in [7, 11) is -4.12. The van der Waals surface area contributed by atoms with Crippen molar-refractivity contribution in [3.05, 3.63) is 83.6 Å². The van der Waals surface area contributed by atoms with Crippen LogP contribution in [-0.4, -0.2) is 24.0 Å². The highest BCUT2D eigenvalue weighted by Crippen LogP contribution is 2.35. The van der Waals surface area contributed by atoms with E-state index < -0.39 is 15.9 Å². The quantitative estimate of drug-likeness (QED) is 0.472. The van der Waals surface area contributed by atoms with Gasteiger partial charge in [0, 0.05) is 9.79 Å². The Morgan fingerprint density at radius 2 is 1.77 bits per heavy atom. The van der Waals surface area contributed by atoms with Crippen molar-refractivity contribution in [2.75, 3.05) is 5.43 Å². The summed E-state index contributed by atoms with van der Waals surface area (Å²) in [4.78, 5) is 18.4. The molecular weight excluding hydrogens is 444 g/mol. The van der Waals surface area contributed by atoms with E-state index in [9.17, 15) is 13.2 Å². The molecule has 4 aromatic rings. The summed E-state index contributed by atoms with van der Waals surface area (Å²) < 4.78 is 25.3. The number of primary sulfonamides is 1. The summed E-state index contributed by atoms with van der Waals surface area (Å²) in [5.41, 5.74) is 4.25. The number of sulfonamides is 1. The van der Waals surface area contributed by atoms with Gasteiger partial charge in [-0.25, -0.2) is 23.2 Å². The molecule has 0 atom stereocenters. The number of fused-ring (bicyclic) bond motifs is 1. The molecule has 7 nitrogen and oxygen atoms in total. The van der Waals surface area contributed by atoms with Crippen LogP contribution in [0.15, 0.2) is 87.7 Å². The Bertz CT molecular complexity index is 1360. The summed E-state index contributed by atoms with van der Waals surface area (Å²) in [6, 6.07) is 19.2. The number of halogens is 1. The van der Waals surface area contributed by atoms with E-state index >= 15 is 0 Å². The number of amides is 1. The van der Waals surface area contributed by atoms with E-state index in [1.54, 1.807) is 6.07 Å². The monoisotopic (exact) mass is 458 g/mol. The molecule has 0 radical (unpaired) electrons. The standard InChI is InChI=1S/C20H15ClN4O3S2/c21-15-11-18(29-13-6-2-1-3-7-13)14(10-19(15)30(22,27)28)20(26)24-25-12-23-16-8-4-5-9-17(16)25/h1-12H,(H,24,26)(H2,22,27,28). The van der Waals surface area contributed by atoms with Crippen LogP contribution in [0.2, 0.25) is 5.02 Å². The molecule has 4 rings (SSSR count). The fraction of sp³-hybridized carbons (Fsp3) is 0. The number of rotatable bonds is 5. The van der Waals surface area contributed by atoms with Crippen LogP contribution >= 0.6 is 23.4 Å². The summed E-state index contributed by atoms with van der Waals surface area (Å²) in [6.07, 6.45) is 1.48. The molecular formula is C20H15ClN4O3S2. The van der Waals surface area contributed by atoms with Crippen LogP contribution in [0.3, 0.4) is 0 Å². The highest BCUT2D eigenvalue weighted by atomic mass is 35.5. The van der Waals surface area contributed by atoms with Gasteiger partial charge in [0.05, 0.1) is 21.6 Å². The first-order valence-corrected chi connectivity index (χ1v) is 11.4. The van der Waals surface area contributed by atoms with Crippen molar-refractivity contribution >= 4 is 50.3 Å². The number of benzene rings is 3. The lowest BCUT2D eigenvalue weighted by molar-refractivity contribution is 0.101. The zero-order chi connectivity index (χ0) is 21.3. The van der Waals surface area contributed by atoms with Crippen LogP contribution in [0.4, 0.5) is 0 Å². The molecule has 0 aliphatic carbocycles. The van der Waals surface area contributed by atoms with Gasteiger partial charge in [-0.05, 0) is 36.4 Å². The molecule has 0 aliphatic rings. The molecule has 0 spiro atoms. The van der Waals surface area contributed by atoms with Crippen LogP contribution in [-0.2, 0) is 10.0 Å². The fourth-order valence-corrected chi connectivity index (χ4v) is 5.00. The minimum atomic E-state index is -4.12. The molecule has 152 valence electrons. The first-order chi connectivity index (χ1) is 14.3. The van der Waals surface area contributed by atoms with Crippen molar-refractivity contribution in [3.63, 3.8) is 0 Å². The van der Waals surface area contributed by atoms with Crippen molar-refractivity contribution in [3.8, 4) is 0 Å². The molecule has 1 amide bonds. The minimum Gasteiger partial charge on any atom is -0.267 e. The van der Waals surface area contributed by atoms with Gasteiger partial charge in [0.1, 0.15) is 11.2 Å². The first-order valence-electron chi connectivity index (χ1n) is 8.65. The van der Waals surface area contributed by atoms with Gasteiger partial charge in [0.25, 0.3) is 5.91 Å². The number of carbonyl (C=O) groups excluding carboxylic acids is 1. The third kappa shape index (κ3) is 4.19. The topological polar surface area (TPSA) is 107 Å². The second-order valence-electron chi connectivity index (χ2n) is 6.28. The van der Waals surface area contributed by atoms with E-state index in [4.69, 9.17) is 16.7 Å². The predicted octanol–water partition coefficient (Wildman–Crippen LogP) is 3.87. The molecule has 1 heterocycles. The Balaban J connectivity index is 1.78. The van der Waals surface area contributed by atoms with E-state index in [0.717, 1.165) is 4.90 Å².